The molecular formula is C18H21ClN4O7S. The van der Waals surface area contributed by atoms with Crippen molar-refractivity contribution in [3.05, 3.63) is 28.8 Å². The van der Waals surface area contributed by atoms with E-state index < -0.39 is 50.9 Å². The number of nitrogens with one attached hydrogen (secondary N) is 2. The minimum atomic E-state index is -4.17. The molecule has 4 N–H and O–H groups in total. The van der Waals surface area contributed by atoms with Crippen LogP contribution in [0.5, 0.6) is 0 Å². The largest absolute Gasteiger partial charge is 0.452 e. The summed E-state index contributed by atoms with van der Waals surface area (Å²) in [7, 11) is -4.17. The number of sulfonamides is 1. The number of hydrogen-bond donors (Lipinski definition) is 3. The molecule has 31 heavy (non-hydrogen) atoms. The average Bonchev–Trinajstić information content (AvgIpc) is 2.92. The molecule has 1 aromatic rings. The first-order chi connectivity index (χ1) is 14.4. The third kappa shape index (κ3) is 4.81. The maximum absolute atomic E-state index is 12.7. The number of benzene rings is 1. The minimum absolute atomic E-state index is 0.179. The second-order valence-corrected chi connectivity index (χ2v) is 9.57. The van der Waals surface area contributed by atoms with Gasteiger partial charge in [-0.2, -0.15) is 5.01 Å². The molecule has 0 bridgehead atoms. The topological polar surface area (TPSA) is 165 Å². The summed E-state index contributed by atoms with van der Waals surface area (Å²) < 4.78 is 27.8. The lowest BCUT2D eigenvalue weighted by atomic mass is 9.77. The van der Waals surface area contributed by atoms with Crippen molar-refractivity contribution in [3.8, 4) is 0 Å². The van der Waals surface area contributed by atoms with E-state index in [4.69, 9.17) is 21.5 Å². The van der Waals surface area contributed by atoms with Crippen LogP contribution in [0.2, 0.25) is 5.02 Å². The van der Waals surface area contributed by atoms with Gasteiger partial charge in [0.2, 0.25) is 10.0 Å². The van der Waals surface area contributed by atoms with Crippen LogP contribution in [0, 0.1) is 5.92 Å². The van der Waals surface area contributed by atoms with Crippen LogP contribution in [0.3, 0.4) is 0 Å². The summed E-state index contributed by atoms with van der Waals surface area (Å²) in [5.74, 6) is -2.05. The molecule has 0 aromatic heterocycles. The third-order valence-corrected chi connectivity index (χ3v) is 6.73. The lowest BCUT2D eigenvalue weighted by molar-refractivity contribution is -0.141. The van der Waals surface area contributed by atoms with Gasteiger partial charge in [-0.25, -0.2) is 23.1 Å². The number of esters is 1. The van der Waals surface area contributed by atoms with E-state index in [1.165, 1.54) is 6.07 Å². The number of hydrogen-bond acceptors (Lipinski definition) is 7. The van der Waals surface area contributed by atoms with E-state index in [1.54, 1.807) is 0 Å². The zero-order valence-electron chi connectivity index (χ0n) is 16.5. The van der Waals surface area contributed by atoms with E-state index in [9.17, 15) is 27.6 Å². The molecule has 0 radical (unpaired) electrons. The molecule has 0 atom stereocenters. The molecule has 2 aliphatic rings. The molecule has 11 nitrogen and oxygen atoms in total. The SMILES string of the molecule is CC1CCC2(CC1)NC(=O)N(NC(=O)COC(=O)c1ccc(Cl)c(S(N)(=O)=O)c1)C2=O. The number of carbonyl (C=O) groups is 4. The van der Waals surface area contributed by atoms with Crippen LogP contribution in [0.15, 0.2) is 23.1 Å². The predicted molar refractivity (Wildman–Crippen MR) is 107 cm³/mol. The van der Waals surface area contributed by atoms with Crippen molar-refractivity contribution in [2.45, 2.75) is 43.0 Å². The molecule has 1 heterocycles. The molecule has 2 fully saturated rings. The van der Waals surface area contributed by atoms with Crippen molar-refractivity contribution >= 4 is 45.4 Å². The lowest BCUT2D eigenvalue weighted by Gasteiger charge is -2.33. The molecule has 1 aliphatic heterocycles. The van der Waals surface area contributed by atoms with Crippen molar-refractivity contribution in [1.29, 1.82) is 0 Å². The van der Waals surface area contributed by atoms with Crippen LogP contribution in [0.25, 0.3) is 0 Å². The van der Waals surface area contributed by atoms with Crippen molar-refractivity contribution < 1.29 is 32.3 Å². The number of primary sulfonamides is 1. The van der Waals surface area contributed by atoms with Crippen LogP contribution in [-0.4, -0.2) is 49.4 Å². The highest BCUT2D eigenvalue weighted by Gasteiger charge is 2.52. The summed E-state index contributed by atoms with van der Waals surface area (Å²) in [6.45, 7) is 1.25. The highest BCUT2D eigenvalue weighted by Crippen LogP contribution is 2.35. The van der Waals surface area contributed by atoms with E-state index >= 15 is 0 Å². The smallest absolute Gasteiger partial charge is 0.344 e. The molecule has 1 saturated heterocycles. The number of hydrazine groups is 1. The molecule has 13 heteroatoms. The van der Waals surface area contributed by atoms with Crippen molar-refractivity contribution in [2.24, 2.45) is 11.1 Å². The monoisotopic (exact) mass is 472 g/mol. The molecule has 168 valence electrons. The van der Waals surface area contributed by atoms with Crippen molar-refractivity contribution in [1.82, 2.24) is 15.8 Å². The minimum Gasteiger partial charge on any atom is -0.452 e. The Bertz CT molecular complexity index is 1050. The second-order valence-electron chi connectivity index (χ2n) is 7.64. The van der Waals surface area contributed by atoms with Crippen LogP contribution in [0.1, 0.15) is 43.0 Å². The van der Waals surface area contributed by atoms with Gasteiger partial charge in [0.25, 0.3) is 11.8 Å². The summed E-state index contributed by atoms with van der Waals surface area (Å²) in [5, 5.41) is 8.09. The molecule has 1 aromatic carbocycles. The van der Waals surface area contributed by atoms with Gasteiger partial charge in [-0.15, -0.1) is 0 Å². The average molecular weight is 473 g/mol. The number of halogens is 1. The molecule has 0 unspecified atom stereocenters. The molecule has 1 saturated carbocycles. The Kier molecular flexibility index (Phi) is 6.25. The zero-order chi connectivity index (χ0) is 23.0. The van der Waals surface area contributed by atoms with E-state index in [-0.39, 0.29) is 10.6 Å². The van der Waals surface area contributed by atoms with Gasteiger partial charge in [-0.3, -0.25) is 15.0 Å². The summed E-state index contributed by atoms with van der Waals surface area (Å²) in [6.07, 6.45) is 2.49. The first-order valence-corrected chi connectivity index (χ1v) is 11.3. The number of amides is 4. The Balaban J connectivity index is 1.60. The van der Waals surface area contributed by atoms with Gasteiger partial charge in [0.05, 0.1) is 10.6 Å². The molecule has 4 amide bonds. The quantitative estimate of drug-likeness (QED) is 0.418. The predicted octanol–water partition coefficient (Wildman–Crippen LogP) is 0.676. The number of carbonyl (C=O) groups excluding carboxylic acids is 4. The number of imide groups is 1. The van der Waals surface area contributed by atoms with Crippen molar-refractivity contribution in [2.75, 3.05) is 6.61 Å². The Morgan fingerprint density at radius 1 is 1.32 bits per heavy atom. The van der Waals surface area contributed by atoms with Gasteiger partial charge >= 0.3 is 12.0 Å². The molecule has 3 rings (SSSR count). The van der Waals surface area contributed by atoms with Gasteiger partial charge in [0.15, 0.2) is 6.61 Å². The number of urea groups is 1. The highest BCUT2D eigenvalue weighted by molar-refractivity contribution is 7.89. The Hall–Kier alpha value is -2.70. The van der Waals surface area contributed by atoms with Gasteiger partial charge in [0, 0.05) is 0 Å². The number of rotatable bonds is 5. The van der Waals surface area contributed by atoms with Gasteiger partial charge < -0.3 is 10.1 Å². The molecular weight excluding hydrogens is 452 g/mol. The number of ether oxygens (including phenoxy) is 1. The molecule has 1 aliphatic carbocycles. The van der Waals surface area contributed by atoms with Crippen LogP contribution in [0.4, 0.5) is 4.79 Å². The van der Waals surface area contributed by atoms with Gasteiger partial charge in [0.1, 0.15) is 10.4 Å². The van der Waals surface area contributed by atoms with Gasteiger partial charge in [-0.1, -0.05) is 18.5 Å². The van der Waals surface area contributed by atoms with E-state index in [0.29, 0.717) is 23.8 Å². The summed E-state index contributed by atoms with van der Waals surface area (Å²) in [5.41, 5.74) is 0.902. The van der Waals surface area contributed by atoms with Crippen LogP contribution >= 0.6 is 11.6 Å². The Labute approximate surface area is 183 Å². The van der Waals surface area contributed by atoms with Gasteiger partial charge in [-0.05, 0) is 49.8 Å². The maximum atomic E-state index is 12.7. The number of nitrogens with zero attached hydrogens (tertiary/aromatic N) is 1. The summed E-state index contributed by atoms with van der Waals surface area (Å²) in [4.78, 5) is 48.7. The maximum Gasteiger partial charge on any atom is 0.344 e. The highest BCUT2D eigenvalue weighted by atomic mass is 35.5. The van der Waals surface area contributed by atoms with E-state index in [0.717, 1.165) is 25.0 Å². The normalized spacial score (nSPS) is 23.6. The Morgan fingerprint density at radius 3 is 2.58 bits per heavy atom. The summed E-state index contributed by atoms with van der Waals surface area (Å²) >= 11 is 5.75. The second kappa shape index (κ2) is 8.44. The first-order valence-electron chi connectivity index (χ1n) is 9.38. The first kappa shape index (κ1) is 23.0. The fraction of sp³-hybridized carbons (Fsp3) is 0.444. The fourth-order valence-electron chi connectivity index (χ4n) is 3.54. The van der Waals surface area contributed by atoms with Crippen LogP contribution < -0.4 is 15.9 Å². The lowest BCUT2D eigenvalue weighted by Crippen LogP contribution is -2.52. The standard InChI is InChI=1S/C18H21ClN4O7S/c1-10-4-6-18(7-5-10)16(26)23(17(27)21-18)22-14(24)9-30-15(25)11-2-3-12(19)13(8-11)31(20,28)29/h2-3,8,10H,4-7,9H2,1H3,(H,21,27)(H,22,24)(H2,20,28,29). The molecule has 1 spiro atoms. The van der Waals surface area contributed by atoms with E-state index in [2.05, 4.69) is 17.7 Å². The fourth-order valence-corrected chi connectivity index (χ4v) is 4.61. The zero-order valence-corrected chi connectivity index (χ0v) is 18.1. The Morgan fingerprint density at radius 2 is 1.97 bits per heavy atom. The number of nitrogens with two attached hydrogens (primary N) is 1. The third-order valence-electron chi connectivity index (χ3n) is 5.33. The summed E-state index contributed by atoms with van der Waals surface area (Å²) in [6, 6.07) is 2.51. The van der Waals surface area contributed by atoms with Crippen molar-refractivity contribution in [3.63, 3.8) is 0 Å². The van der Waals surface area contributed by atoms with E-state index in [1.807, 2.05) is 0 Å². The van der Waals surface area contributed by atoms with Crippen LogP contribution in [-0.2, 0) is 24.3 Å².